The van der Waals surface area contributed by atoms with E-state index in [9.17, 15) is 4.79 Å². The molecule has 0 atom stereocenters. The monoisotopic (exact) mass is 276 g/mol. The van der Waals surface area contributed by atoms with Gasteiger partial charge in [0.15, 0.2) is 5.78 Å². The van der Waals surface area contributed by atoms with Gasteiger partial charge in [-0.1, -0.05) is 40.8 Å². The van der Waals surface area contributed by atoms with Gasteiger partial charge in [0, 0.05) is 0 Å². The van der Waals surface area contributed by atoms with E-state index in [0.717, 1.165) is 5.75 Å². The van der Waals surface area contributed by atoms with Crippen LogP contribution in [0.4, 0.5) is 0 Å². The maximum absolute atomic E-state index is 10.9. The number of halogens is 1. The van der Waals surface area contributed by atoms with Gasteiger partial charge in [-0.15, -0.1) is 0 Å². The van der Waals surface area contributed by atoms with Crippen LogP contribution in [0, 0.1) is 0 Å². The Bertz CT molecular complexity index is 246. The van der Waals surface area contributed by atoms with E-state index >= 15 is 0 Å². The Hall–Kier alpha value is -0.580. The molecule has 0 unspecified atom stereocenters. The lowest BCUT2D eigenvalue weighted by molar-refractivity contribution is -0.118. The van der Waals surface area contributed by atoms with Crippen molar-refractivity contribution in [2.75, 3.05) is 11.0 Å². The Morgan fingerprint density at radius 1 is 1.33 bits per heavy atom. The van der Waals surface area contributed by atoms with Crippen molar-refractivity contribution in [2.45, 2.75) is 0 Å². The maximum Gasteiger partial charge on any atom is 0.179 e. The normalized spacial score (nSPS) is 9.42. The zero-order valence-electron chi connectivity index (χ0n) is 6.50. The lowest BCUT2D eigenvalue weighted by Gasteiger charge is -2.02. The van der Waals surface area contributed by atoms with Crippen LogP contribution < -0.4 is 4.74 Å². The first-order valence-electron chi connectivity index (χ1n) is 3.58. The van der Waals surface area contributed by atoms with E-state index in [1.807, 2.05) is 52.9 Å². The van der Waals surface area contributed by atoms with Crippen molar-refractivity contribution in [1.82, 2.24) is 0 Å². The molecule has 64 valence electrons. The van der Waals surface area contributed by atoms with Crippen molar-refractivity contribution in [3.05, 3.63) is 30.3 Å². The molecule has 0 amide bonds. The molecule has 1 rings (SSSR count). The Balaban J connectivity index is 2.38. The van der Waals surface area contributed by atoms with E-state index in [-0.39, 0.29) is 12.4 Å². The van der Waals surface area contributed by atoms with Gasteiger partial charge in [0.05, 0.1) is 4.43 Å². The first kappa shape index (κ1) is 9.51. The van der Waals surface area contributed by atoms with Crippen LogP contribution in [0.3, 0.4) is 0 Å². The number of benzene rings is 1. The number of Topliss-reactive ketones (excluding diaryl/α,β-unsaturated/α-hetero) is 1. The van der Waals surface area contributed by atoms with Crippen molar-refractivity contribution in [3.8, 4) is 5.75 Å². The molecule has 0 bridgehead atoms. The van der Waals surface area contributed by atoms with Crippen molar-refractivity contribution < 1.29 is 9.53 Å². The number of rotatable bonds is 4. The predicted octanol–water partition coefficient (Wildman–Crippen LogP) is 2.07. The molecule has 3 heteroatoms. The van der Waals surface area contributed by atoms with E-state index in [0.29, 0.717) is 4.43 Å². The predicted molar refractivity (Wildman–Crippen MR) is 55.8 cm³/mol. The molecular formula is C9H9IO2. The summed E-state index contributed by atoms with van der Waals surface area (Å²) in [6.07, 6.45) is 0. The molecule has 2 nitrogen and oxygen atoms in total. The van der Waals surface area contributed by atoms with Gasteiger partial charge in [-0.05, 0) is 12.1 Å². The lowest BCUT2D eigenvalue weighted by atomic mass is 10.3. The van der Waals surface area contributed by atoms with Gasteiger partial charge >= 0.3 is 0 Å². The van der Waals surface area contributed by atoms with Crippen LogP contribution in [-0.4, -0.2) is 16.8 Å². The van der Waals surface area contributed by atoms with Crippen LogP contribution in [0.1, 0.15) is 0 Å². The summed E-state index contributed by atoms with van der Waals surface area (Å²) in [4.78, 5) is 10.9. The van der Waals surface area contributed by atoms with Gasteiger partial charge in [0.25, 0.3) is 0 Å². The summed E-state index contributed by atoms with van der Waals surface area (Å²) in [7, 11) is 0. The van der Waals surface area contributed by atoms with Crippen molar-refractivity contribution >= 4 is 28.4 Å². The zero-order valence-corrected chi connectivity index (χ0v) is 8.65. The van der Waals surface area contributed by atoms with Gasteiger partial charge in [0.2, 0.25) is 0 Å². The molecule has 0 spiro atoms. The number of ketones is 1. The molecule has 0 aliphatic heterocycles. The van der Waals surface area contributed by atoms with Crippen molar-refractivity contribution in [3.63, 3.8) is 0 Å². The quantitative estimate of drug-likeness (QED) is 0.621. The fourth-order valence-electron chi connectivity index (χ4n) is 0.719. The standard InChI is InChI=1S/C9H9IO2/c10-6-8(11)7-12-9-4-2-1-3-5-9/h1-5H,6-7H2. The molecule has 0 saturated heterocycles. The van der Waals surface area contributed by atoms with Crippen molar-refractivity contribution in [1.29, 1.82) is 0 Å². The average molecular weight is 276 g/mol. The number of hydrogen-bond acceptors (Lipinski definition) is 2. The van der Waals surface area contributed by atoms with Crippen LogP contribution in [0.2, 0.25) is 0 Å². The molecule has 0 heterocycles. The van der Waals surface area contributed by atoms with Gasteiger partial charge in [-0.2, -0.15) is 0 Å². The van der Waals surface area contributed by atoms with Gasteiger partial charge in [-0.3, -0.25) is 4.79 Å². The topological polar surface area (TPSA) is 26.3 Å². The number of alkyl halides is 1. The minimum absolute atomic E-state index is 0.111. The highest BCUT2D eigenvalue weighted by molar-refractivity contribution is 14.1. The summed E-state index contributed by atoms with van der Waals surface area (Å²) in [5.41, 5.74) is 0. The summed E-state index contributed by atoms with van der Waals surface area (Å²) in [5, 5.41) is 0. The van der Waals surface area contributed by atoms with E-state index in [1.54, 1.807) is 0 Å². The van der Waals surface area contributed by atoms with Crippen molar-refractivity contribution in [2.24, 2.45) is 0 Å². The Morgan fingerprint density at radius 3 is 2.58 bits per heavy atom. The highest BCUT2D eigenvalue weighted by atomic mass is 127. The number of carbonyl (C=O) groups excluding carboxylic acids is 1. The molecule has 1 aromatic rings. The third-order valence-corrected chi connectivity index (χ3v) is 2.14. The van der Waals surface area contributed by atoms with Crippen LogP contribution >= 0.6 is 22.6 Å². The second-order valence-electron chi connectivity index (χ2n) is 2.27. The third kappa shape index (κ3) is 3.21. The van der Waals surface area contributed by atoms with Crippen LogP contribution in [0.15, 0.2) is 30.3 Å². The highest BCUT2D eigenvalue weighted by Crippen LogP contribution is 2.07. The van der Waals surface area contributed by atoms with Gasteiger partial charge < -0.3 is 4.74 Å². The molecule has 0 aliphatic rings. The number of carbonyl (C=O) groups is 1. The highest BCUT2D eigenvalue weighted by Gasteiger charge is 1.98. The smallest absolute Gasteiger partial charge is 0.179 e. The van der Waals surface area contributed by atoms with Gasteiger partial charge in [-0.25, -0.2) is 0 Å². The van der Waals surface area contributed by atoms with E-state index in [4.69, 9.17) is 4.74 Å². The number of para-hydroxylation sites is 1. The zero-order chi connectivity index (χ0) is 8.81. The van der Waals surface area contributed by atoms with Crippen LogP contribution in [0.25, 0.3) is 0 Å². The van der Waals surface area contributed by atoms with E-state index in [1.165, 1.54) is 0 Å². The molecule has 1 aromatic carbocycles. The first-order valence-corrected chi connectivity index (χ1v) is 5.11. The fraction of sp³-hybridized carbons (Fsp3) is 0.222. The summed E-state index contributed by atoms with van der Waals surface area (Å²) >= 11 is 2.03. The minimum Gasteiger partial charge on any atom is -0.486 e. The maximum atomic E-state index is 10.9. The van der Waals surface area contributed by atoms with Crippen LogP contribution in [-0.2, 0) is 4.79 Å². The molecule has 0 N–H and O–H groups in total. The molecule has 0 aliphatic carbocycles. The largest absolute Gasteiger partial charge is 0.486 e. The summed E-state index contributed by atoms with van der Waals surface area (Å²) in [5.74, 6) is 0.857. The summed E-state index contributed by atoms with van der Waals surface area (Å²) in [6, 6.07) is 9.34. The molecule has 0 saturated carbocycles. The molecule has 0 fully saturated rings. The summed E-state index contributed by atoms with van der Waals surface area (Å²) < 4.78 is 5.71. The van der Waals surface area contributed by atoms with E-state index in [2.05, 4.69) is 0 Å². The fourth-order valence-corrected chi connectivity index (χ4v) is 0.939. The SMILES string of the molecule is O=C(CI)COc1ccccc1. The third-order valence-electron chi connectivity index (χ3n) is 1.29. The Morgan fingerprint density at radius 2 is 2.00 bits per heavy atom. The second kappa shape index (κ2) is 5.13. The number of ether oxygens (including phenoxy) is 1. The van der Waals surface area contributed by atoms with Crippen LogP contribution in [0.5, 0.6) is 5.75 Å². The molecule has 0 aromatic heterocycles. The number of hydrogen-bond donors (Lipinski definition) is 0. The minimum atomic E-state index is 0.111. The molecule has 0 radical (unpaired) electrons. The molecular weight excluding hydrogens is 267 g/mol. The average Bonchev–Trinajstić information content (AvgIpc) is 2.16. The Kier molecular flexibility index (Phi) is 4.07. The molecule has 12 heavy (non-hydrogen) atoms. The lowest BCUT2D eigenvalue weighted by Crippen LogP contribution is -2.11. The second-order valence-corrected chi connectivity index (χ2v) is 3.04. The Labute approximate surface area is 85.1 Å². The first-order chi connectivity index (χ1) is 5.83. The summed E-state index contributed by atoms with van der Waals surface area (Å²) in [6.45, 7) is 0.174. The van der Waals surface area contributed by atoms with E-state index < -0.39 is 0 Å². The van der Waals surface area contributed by atoms with Gasteiger partial charge in [0.1, 0.15) is 12.4 Å².